The third-order valence-electron chi connectivity index (χ3n) is 5.30. The maximum Gasteiger partial charge on any atom is 0.490 e. The molecule has 202 valence electrons. The Labute approximate surface area is 230 Å². The van der Waals surface area contributed by atoms with Gasteiger partial charge in [0.25, 0.3) is 0 Å². The van der Waals surface area contributed by atoms with Crippen LogP contribution in [0.15, 0.2) is 55.0 Å². The molecule has 0 saturated carbocycles. The number of carboxylic acids is 1. The molecule has 2 heterocycles. The number of alkyl halides is 3. The number of pyridine rings is 1. The fourth-order valence-electron chi connectivity index (χ4n) is 3.60. The SMILES string of the molecule is CC(C)Oc1c(Cl)nc2ccc(C(O)(c3ccc(Cl)cc3)c3cncn3C)cc2c1Cl.O=C(O)C(F)(F)F. The first-order chi connectivity index (χ1) is 17.7. The standard InChI is InChI=1S/C23H20Cl3N3O2.C2HF3O2/c1-13(2)31-21-20(25)17-10-15(6-9-18(17)28-22(21)26)23(30,19-11-27-12-29(19)3)14-4-7-16(24)8-5-14;3-2(4,5)1(6)7/h4-13,30H,1-3H3;(H,6,7). The number of fused-ring (bicyclic) bond motifs is 1. The van der Waals surface area contributed by atoms with Gasteiger partial charge in [0, 0.05) is 17.5 Å². The highest BCUT2D eigenvalue weighted by Gasteiger charge is 2.38. The molecule has 0 fully saturated rings. The second kappa shape index (κ2) is 11.4. The summed E-state index contributed by atoms with van der Waals surface area (Å²) < 4.78 is 39.3. The molecule has 13 heteroatoms. The van der Waals surface area contributed by atoms with Crippen LogP contribution >= 0.6 is 34.8 Å². The van der Waals surface area contributed by atoms with Crippen LogP contribution in [-0.2, 0) is 17.4 Å². The number of hydrogen-bond acceptors (Lipinski definition) is 5. The molecule has 2 N–H and O–H groups in total. The van der Waals surface area contributed by atoms with E-state index in [1.165, 1.54) is 0 Å². The van der Waals surface area contributed by atoms with E-state index in [2.05, 4.69) is 9.97 Å². The average molecular weight is 591 g/mol. The molecule has 0 amide bonds. The highest BCUT2D eigenvalue weighted by atomic mass is 35.5. The quantitative estimate of drug-likeness (QED) is 0.253. The highest BCUT2D eigenvalue weighted by Crippen LogP contribution is 2.42. The maximum absolute atomic E-state index is 12.1. The number of hydrogen-bond donors (Lipinski definition) is 2. The summed E-state index contributed by atoms with van der Waals surface area (Å²) in [6.07, 6.45) is -1.94. The van der Waals surface area contributed by atoms with Crippen molar-refractivity contribution in [3.8, 4) is 5.75 Å². The van der Waals surface area contributed by atoms with E-state index in [1.54, 1.807) is 59.6 Å². The summed E-state index contributed by atoms with van der Waals surface area (Å²) >= 11 is 19.1. The highest BCUT2D eigenvalue weighted by molar-refractivity contribution is 6.40. The number of aliphatic carboxylic acids is 1. The number of aromatic nitrogens is 3. The van der Waals surface area contributed by atoms with E-state index >= 15 is 0 Å². The number of ether oxygens (including phenoxy) is 1. The minimum atomic E-state index is -5.08. The molecule has 1 unspecified atom stereocenters. The minimum Gasteiger partial charge on any atom is -0.486 e. The van der Waals surface area contributed by atoms with Crippen molar-refractivity contribution in [1.82, 2.24) is 14.5 Å². The molecule has 2 aromatic heterocycles. The lowest BCUT2D eigenvalue weighted by atomic mass is 9.83. The van der Waals surface area contributed by atoms with Gasteiger partial charge in [0.15, 0.2) is 16.5 Å². The molecule has 2 aromatic carbocycles. The second-order valence-electron chi connectivity index (χ2n) is 8.35. The monoisotopic (exact) mass is 589 g/mol. The first-order valence-electron chi connectivity index (χ1n) is 10.9. The Bertz CT molecular complexity index is 1460. The Morgan fingerprint density at radius 3 is 2.13 bits per heavy atom. The third kappa shape index (κ3) is 6.15. The van der Waals surface area contributed by atoms with Crippen LogP contribution in [0, 0.1) is 0 Å². The van der Waals surface area contributed by atoms with Crippen molar-refractivity contribution >= 4 is 51.7 Å². The summed E-state index contributed by atoms with van der Waals surface area (Å²) in [5.74, 6) is -2.44. The first-order valence-corrected chi connectivity index (χ1v) is 12.0. The van der Waals surface area contributed by atoms with Crippen molar-refractivity contribution < 1.29 is 32.9 Å². The number of rotatable bonds is 5. The molecule has 0 spiro atoms. The first kappa shape index (κ1) is 29.5. The predicted octanol–water partition coefficient (Wildman–Crippen LogP) is 6.63. The lowest BCUT2D eigenvalue weighted by Gasteiger charge is -2.30. The van der Waals surface area contributed by atoms with E-state index in [9.17, 15) is 18.3 Å². The lowest BCUT2D eigenvalue weighted by Crippen LogP contribution is -2.31. The van der Waals surface area contributed by atoms with Crippen LogP contribution in [0.5, 0.6) is 5.75 Å². The molecule has 7 nitrogen and oxygen atoms in total. The van der Waals surface area contributed by atoms with Crippen LogP contribution < -0.4 is 4.74 Å². The minimum absolute atomic E-state index is 0.127. The topological polar surface area (TPSA) is 97.5 Å². The number of aliphatic hydroxyl groups is 1. The molecule has 0 saturated heterocycles. The fourth-order valence-corrected chi connectivity index (χ4v) is 4.29. The van der Waals surface area contributed by atoms with Crippen LogP contribution in [0.25, 0.3) is 10.9 Å². The van der Waals surface area contributed by atoms with Crippen LogP contribution in [0.4, 0.5) is 13.2 Å². The second-order valence-corrected chi connectivity index (χ2v) is 9.53. The molecule has 4 rings (SSSR count). The number of nitrogens with zero attached hydrogens (tertiary/aromatic N) is 3. The average Bonchev–Trinajstić information content (AvgIpc) is 3.27. The maximum atomic E-state index is 12.1. The zero-order valence-electron chi connectivity index (χ0n) is 20.1. The van der Waals surface area contributed by atoms with Crippen LogP contribution in [0.2, 0.25) is 15.2 Å². The van der Waals surface area contributed by atoms with Gasteiger partial charge in [0.2, 0.25) is 0 Å². The summed E-state index contributed by atoms with van der Waals surface area (Å²) in [7, 11) is 1.83. The molecule has 0 bridgehead atoms. The molecule has 0 aliphatic rings. The van der Waals surface area contributed by atoms with Crippen molar-refractivity contribution in [3.63, 3.8) is 0 Å². The summed E-state index contributed by atoms with van der Waals surface area (Å²) in [4.78, 5) is 17.5. The molecular formula is C25H21Cl3F3N3O4. The molecule has 1 atom stereocenters. The Hall–Kier alpha value is -3.05. The van der Waals surface area contributed by atoms with Crippen molar-refractivity contribution in [2.45, 2.75) is 31.7 Å². The fraction of sp³-hybridized carbons (Fsp3) is 0.240. The number of halogens is 6. The van der Waals surface area contributed by atoms with Gasteiger partial charge in [-0.1, -0.05) is 53.0 Å². The van der Waals surface area contributed by atoms with Gasteiger partial charge >= 0.3 is 12.1 Å². The Kier molecular flexibility index (Phi) is 8.82. The molecule has 4 aromatic rings. The molecule has 0 aliphatic carbocycles. The van der Waals surface area contributed by atoms with Gasteiger partial charge in [-0.25, -0.2) is 14.8 Å². The lowest BCUT2D eigenvalue weighted by molar-refractivity contribution is -0.192. The summed E-state index contributed by atoms with van der Waals surface area (Å²) in [5.41, 5.74) is 0.902. The van der Waals surface area contributed by atoms with Crippen molar-refractivity contribution in [1.29, 1.82) is 0 Å². The van der Waals surface area contributed by atoms with Gasteiger partial charge in [0.1, 0.15) is 0 Å². The number of carbonyl (C=O) groups is 1. The van der Waals surface area contributed by atoms with Gasteiger partial charge in [-0.05, 0) is 49.2 Å². The largest absolute Gasteiger partial charge is 0.490 e. The number of aryl methyl sites for hydroxylation is 1. The smallest absolute Gasteiger partial charge is 0.486 e. The number of carboxylic acid groups (broad SMARTS) is 1. The zero-order chi connectivity index (χ0) is 28.4. The van der Waals surface area contributed by atoms with E-state index in [0.717, 1.165) is 0 Å². The molecule has 0 aliphatic heterocycles. The van der Waals surface area contributed by atoms with Crippen LogP contribution in [0.3, 0.4) is 0 Å². The van der Waals surface area contributed by atoms with Crippen molar-refractivity contribution in [2.75, 3.05) is 0 Å². The van der Waals surface area contributed by atoms with Crippen LogP contribution in [0.1, 0.15) is 30.7 Å². The van der Waals surface area contributed by atoms with E-state index < -0.39 is 17.7 Å². The third-order valence-corrected chi connectivity index (χ3v) is 6.18. The molecular weight excluding hydrogens is 570 g/mol. The summed E-state index contributed by atoms with van der Waals surface area (Å²) in [6, 6.07) is 12.4. The van der Waals surface area contributed by atoms with E-state index in [1.807, 2.05) is 20.9 Å². The van der Waals surface area contributed by atoms with Gasteiger partial charge in [-0.3, -0.25) is 0 Å². The van der Waals surface area contributed by atoms with E-state index in [4.69, 9.17) is 49.4 Å². The van der Waals surface area contributed by atoms with E-state index in [-0.39, 0.29) is 11.3 Å². The van der Waals surface area contributed by atoms with Gasteiger partial charge in [0.05, 0.1) is 34.9 Å². The van der Waals surface area contributed by atoms with Crippen molar-refractivity contribution in [2.24, 2.45) is 7.05 Å². The number of benzene rings is 2. The summed E-state index contributed by atoms with van der Waals surface area (Å²) in [5, 5.41) is 20.9. The zero-order valence-corrected chi connectivity index (χ0v) is 22.4. The van der Waals surface area contributed by atoms with Gasteiger partial charge in [-0.2, -0.15) is 13.2 Å². The van der Waals surface area contributed by atoms with Crippen molar-refractivity contribution in [3.05, 3.63) is 87.0 Å². The Balaban J connectivity index is 0.000000505. The van der Waals surface area contributed by atoms with Crippen LogP contribution in [-0.4, -0.2) is 43.0 Å². The Morgan fingerprint density at radius 2 is 1.63 bits per heavy atom. The normalized spacial score (nSPS) is 13.1. The van der Waals surface area contributed by atoms with Gasteiger partial charge in [-0.15, -0.1) is 0 Å². The Morgan fingerprint density at radius 1 is 1.05 bits per heavy atom. The molecule has 0 radical (unpaired) electrons. The number of imidazole rings is 1. The van der Waals surface area contributed by atoms with Gasteiger partial charge < -0.3 is 19.5 Å². The summed E-state index contributed by atoms with van der Waals surface area (Å²) in [6.45, 7) is 3.77. The molecule has 38 heavy (non-hydrogen) atoms. The predicted molar refractivity (Wildman–Crippen MR) is 138 cm³/mol. The van der Waals surface area contributed by atoms with E-state index in [0.29, 0.717) is 43.5 Å².